The number of rotatable bonds is 15. The Hall–Kier alpha value is -0.790. The van der Waals surface area contributed by atoms with Crippen LogP contribution >= 0.6 is 38.1 Å². The van der Waals surface area contributed by atoms with E-state index in [1.54, 1.807) is 56.9 Å². The molecule has 0 aliphatic heterocycles. The summed E-state index contributed by atoms with van der Waals surface area (Å²) in [5.41, 5.74) is 1.17. The Morgan fingerprint density at radius 1 is 0.930 bits per heavy atom. The fraction of sp³-hybridized carbons (Fsp3) is 0.633. The van der Waals surface area contributed by atoms with Crippen molar-refractivity contribution in [2.24, 2.45) is 11.0 Å². The van der Waals surface area contributed by atoms with Crippen LogP contribution < -0.4 is 0 Å². The van der Waals surface area contributed by atoms with Gasteiger partial charge in [0.15, 0.2) is 16.8 Å². The van der Waals surface area contributed by atoms with E-state index in [9.17, 15) is 5.11 Å². The van der Waals surface area contributed by atoms with E-state index < -0.39 is 16.8 Å². The summed E-state index contributed by atoms with van der Waals surface area (Å²) in [5, 5.41) is 22.6. The number of phenolic OH excluding ortho intramolecular Hbond substituents is 1. The minimum Gasteiger partial charge on any atom is -0.508 e. The molecule has 2 atom stereocenters. The van der Waals surface area contributed by atoms with Crippen molar-refractivity contribution in [1.82, 2.24) is 9.08 Å². The summed E-state index contributed by atoms with van der Waals surface area (Å²) in [5.74, 6) is 0.925. The Labute approximate surface area is 272 Å². The zero-order valence-electron chi connectivity index (χ0n) is 28.4. The van der Waals surface area contributed by atoms with Crippen LogP contribution in [-0.4, -0.2) is 79.3 Å². The number of allylic oxidation sites excluding steroid dienone is 3. The molecule has 0 fully saturated rings. The Kier molecular flexibility index (Phi) is 37.0. The van der Waals surface area contributed by atoms with Gasteiger partial charge in [-0.2, -0.15) is 5.10 Å². The molecule has 0 saturated carbocycles. The standard InChI is InChI=1S/C14H25NO5P2.C8H13N2OPS.C4H10.2C2H6/c1-17-21(18-2)11-15(12-22(19-3)20-4)10-9-13-5-7-14(16)8-6-13;1-13-10(12)9-6-7-2-4-8(11)5-3-7;1-3-4-2;2*1-2/h5-8,16H,9-12H2,1-4H3;2,4-7,11H,3,12H2,1H3;3-4H2,1-2H3;2*1-2H3. The zero-order valence-corrected chi connectivity index (χ0v) is 32.2. The molecule has 0 aromatic heterocycles. The second kappa shape index (κ2) is 34.1. The highest BCUT2D eigenvalue weighted by Crippen LogP contribution is 2.41. The molecule has 1 aliphatic rings. The van der Waals surface area contributed by atoms with Gasteiger partial charge in [0.05, 0.1) is 12.6 Å². The Morgan fingerprint density at radius 3 is 1.79 bits per heavy atom. The first-order valence-electron chi connectivity index (χ1n) is 14.7. The summed E-state index contributed by atoms with van der Waals surface area (Å²) in [6.07, 6.45) is 15.0. The maximum atomic E-state index is 9.33. The number of hydrogen-bond acceptors (Lipinski definition) is 10. The smallest absolute Gasteiger partial charge is 0.185 e. The van der Waals surface area contributed by atoms with Crippen molar-refractivity contribution < 1.29 is 28.3 Å². The molecule has 43 heavy (non-hydrogen) atoms. The number of benzene rings is 1. The van der Waals surface area contributed by atoms with Gasteiger partial charge in [-0.1, -0.05) is 72.6 Å². The van der Waals surface area contributed by atoms with Crippen LogP contribution in [0.25, 0.3) is 0 Å². The molecule has 1 aromatic rings. The molecule has 2 N–H and O–H groups in total. The van der Waals surface area contributed by atoms with Crippen LogP contribution in [0.2, 0.25) is 0 Å². The largest absolute Gasteiger partial charge is 0.508 e. The van der Waals surface area contributed by atoms with Gasteiger partial charge in [-0.25, -0.2) is 4.18 Å². The van der Waals surface area contributed by atoms with Gasteiger partial charge >= 0.3 is 0 Å². The van der Waals surface area contributed by atoms with E-state index in [2.05, 4.69) is 33.2 Å². The third kappa shape index (κ3) is 27.3. The average molecular weight is 684 g/mol. The van der Waals surface area contributed by atoms with E-state index in [0.29, 0.717) is 24.2 Å². The molecule has 0 bridgehead atoms. The number of unbranched alkanes of at least 4 members (excludes halogenated alkanes) is 1. The fourth-order valence-electron chi connectivity index (χ4n) is 2.78. The van der Waals surface area contributed by atoms with E-state index in [4.69, 9.17) is 23.2 Å². The molecule has 13 heteroatoms. The second-order valence-corrected chi connectivity index (χ2v) is 13.1. The lowest BCUT2D eigenvalue weighted by atomic mass is 10.0. The van der Waals surface area contributed by atoms with Gasteiger partial charge in [-0.15, -0.1) is 0 Å². The Bertz CT molecular complexity index is 799. The minimum atomic E-state index is -0.937. The maximum absolute atomic E-state index is 9.33. The van der Waals surface area contributed by atoms with E-state index in [1.165, 1.54) is 30.4 Å². The topological polar surface area (TPSA) is 96.2 Å². The minimum absolute atomic E-state index is 0.283. The van der Waals surface area contributed by atoms with Gasteiger partial charge in [-0.3, -0.25) is 4.90 Å². The normalized spacial score (nSPS) is 13.7. The molecule has 0 spiro atoms. The average Bonchev–Trinajstić information content (AvgIpc) is 3.07. The van der Waals surface area contributed by atoms with Crippen LogP contribution in [0, 0.1) is 5.92 Å². The first-order chi connectivity index (χ1) is 20.8. The molecule has 0 radical (unpaired) electrons. The van der Waals surface area contributed by atoms with Crippen LogP contribution in [0.4, 0.5) is 0 Å². The molecule has 2 rings (SSSR count). The first kappa shape index (κ1) is 46.6. The summed E-state index contributed by atoms with van der Waals surface area (Å²) in [6, 6.07) is 7.26. The molecule has 0 saturated heterocycles. The number of phenols is 1. The SMILES string of the molecule is CC.CC.CCCC.COP(CN(CCc1ccc(O)cc1)CP(OC)OC)OC.CSN(P)N=CC1C=CC(O)=CC1. The molecular formula is C30H60N3O6P3S. The van der Waals surface area contributed by atoms with Crippen molar-refractivity contribution >= 4 is 44.3 Å². The van der Waals surface area contributed by atoms with E-state index in [1.807, 2.05) is 58.4 Å². The highest BCUT2D eigenvalue weighted by atomic mass is 32.2. The van der Waals surface area contributed by atoms with E-state index >= 15 is 0 Å². The predicted octanol–water partition coefficient (Wildman–Crippen LogP) is 9.58. The van der Waals surface area contributed by atoms with Gasteiger partial charge in [-0.05, 0) is 64.0 Å². The van der Waals surface area contributed by atoms with Crippen molar-refractivity contribution in [3.63, 3.8) is 0 Å². The lowest BCUT2D eigenvalue weighted by Crippen LogP contribution is -2.27. The highest BCUT2D eigenvalue weighted by Gasteiger charge is 2.19. The van der Waals surface area contributed by atoms with Crippen molar-refractivity contribution in [2.75, 3.05) is 53.8 Å². The van der Waals surface area contributed by atoms with Crippen molar-refractivity contribution in [3.8, 4) is 5.75 Å². The van der Waals surface area contributed by atoms with Crippen molar-refractivity contribution in [2.45, 2.75) is 67.2 Å². The van der Waals surface area contributed by atoms with Crippen LogP contribution in [0.1, 0.15) is 66.4 Å². The molecule has 0 heterocycles. The Balaban J connectivity index is -0.000000643. The number of aliphatic hydroxyl groups excluding tert-OH is 1. The Morgan fingerprint density at radius 2 is 1.42 bits per heavy atom. The van der Waals surface area contributed by atoms with Crippen molar-refractivity contribution in [1.29, 1.82) is 0 Å². The van der Waals surface area contributed by atoms with Gasteiger partial charge in [0.1, 0.15) is 11.5 Å². The van der Waals surface area contributed by atoms with Gasteiger partial charge in [0.2, 0.25) is 0 Å². The van der Waals surface area contributed by atoms with Crippen LogP contribution in [-0.2, 0) is 24.5 Å². The molecule has 1 aromatic carbocycles. The third-order valence-electron chi connectivity index (χ3n) is 5.27. The fourth-order valence-corrected chi connectivity index (χ4v) is 5.06. The van der Waals surface area contributed by atoms with Gasteiger partial charge in [0.25, 0.3) is 0 Å². The summed E-state index contributed by atoms with van der Waals surface area (Å²) in [6.45, 7) is 13.2. The lowest BCUT2D eigenvalue weighted by molar-refractivity contribution is 0.275. The lowest BCUT2D eigenvalue weighted by Gasteiger charge is -2.27. The summed E-state index contributed by atoms with van der Waals surface area (Å²) in [7, 11) is 7.24. The van der Waals surface area contributed by atoms with Crippen LogP contribution in [0.15, 0.2) is 53.4 Å². The molecule has 0 amide bonds. The first-order valence-corrected chi connectivity index (χ1v) is 19.1. The maximum Gasteiger partial charge on any atom is 0.185 e. The van der Waals surface area contributed by atoms with Crippen LogP contribution in [0.3, 0.4) is 0 Å². The third-order valence-corrected chi connectivity index (χ3v) is 9.40. The molecule has 2 unspecified atom stereocenters. The van der Waals surface area contributed by atoms with E-state index in [0.717, 1.165) is 19.4 Å². The number of hydrazone groups is 1. The summed E-state index contributed by atoms with van der Waals surface area (Å²) < 4.78 is 23.1. The van der Waals surface area contributed by atoms with E-state index in [-0.39, 0.29) is 5.75 Å². The molecule has 1 aliphatic carbocycles. The van der Waals surface area contributed by atoms with Gasteiger partial charge < -0.3 is 28.3 Å². The second-order valence-electron chi connectivity index (χ2n) is 8.13. The number of nitrogens with zero attached hydrogens (tertiary/aromatic N) is 3. The monoisotopic (exact) mass is 683 g/mol. The number of aromatic hydroxyl groups is 1. The quantitative estimate of drug-likeness (QED) is 0.0811. The number of aliphatic hydroxyl groups is 1. The van der Waals surface area contributed by atoms with Crippen molar-refractivity contribution in [3.05, 3.63) is 53.8 Å². The predicted molar refractivity (Wildman–Crippen MR) is 195 cm³/mol. The zero-order chi connectivity index (χ0) is 33.5. The van der Waals surface area contributed by atoms with Gasteiger partial charge in [0, 0.05) is 53.4 Å². The molecule has 9 nitrogen and oxygen atoms in total. The number of hydrogen-bond donors (Lipinski definition) is 2. The summed E-state index contributed by atoms with van der Waals surface area (Å²) in [4.78, 5) is 2.23. The molecular weight excluding hydrogens is 623 g/mol. The van der Waals surface area contributed by atoms with Crippen LogP contribution in [0.5, 0.6) is 5.75 Å². The molecule has 252 valence electrons. The highest BCUT2D eigenvalue weighted by molar-refractivity contribution is 7.98. The summed E-state index contributed by atoms with van der Waals surface area (Å²) >= 11 is 1.52.